The fourth-order valence-electron chi connectivity index (χ4n) is 3.10. The van der Waals surface area contributed by atoms with Gasteiger partial charge in [-0.1, -0.05) is 43.7 Å². The number of amides is 1. The number of piperidine rings is 1. The molecule has 1 aliphatic heterocycles. The van der Waals surface area contributed by atoms with Crippen molar-refractivity contribution >= 4 is 18.3 Å². The van der Waals surface area contributed by atoms with E-state index in [1.54, 1.807) is 0 Å². The van der Waals surface area contributed by atoms with E-state index in [9.17, 15) is 4.79 Å². The molecule has 0 aliphatic carbocycles. The number of hydrogen-bond acceptors (Lipinski definition) is 2. The summed E-state index contributed by atoms with van der Waals surface area (Å²) in [6, 6.07) is 8.88. The van der Waals surface area contributed by atoms with Crippen LogP contribution >= 0.6 is 12.4 Å². The number of halogens is 1. The van der Waals surface area contributed by atoms with Crippen LogP contribution < -0.4 is 5.73 Å². The van der Waals surface area contributed by atoms with Crippen LogP contribution in [0.1, 0.15) is 50.7 Å². The number of aryl methyl sites for hydroxylation is 2. The van der Waals surface area contributed by atoms with Gasteiger partial charge in [0.2, 0.25) is 5.91 Å². The van der Waals surface area contributed by atoms with Crippen molar-refractivity contribution < 1.29 is 4.79 Å². The second-order valence-electron chi connectivity index (χ2n) is 7.39. The summed E-state index contributed by atoms with van der Waals surface area (Å²) in [6.07, 6.45) is 4.68. The first-order chi connectivity index (χ1) is 10.4. The lowest BCUT2D eigenvalue weighted by Crippen LogP contribution is -2.53. The molecule has 2 N–H and O–H groups in total. The largest absolute Gasteiger partial charge is 0.342 e. The number of hydrogen-bond donors (Lipinski definition) is 1. The van der Waals surface area contributed by atoms with E-state index < -0.39 is 0 Å². The van der Waals surface area contributed by atoms with E-state index in [1.807, 2.05) is 4.90 Å². The van der Waals surface area contributed by atoms with Gasteiger partial charge >= 0.3 is 0 Å². The highest BCUT2D eigenvalue weighted by molar-refractivity contribution is 5.85. The highest BCUT2D eigenvalue weighted by atomic mass is 35.5. The van der Waals surface area contributed by atoms with Crippen molar-refractivity contribution in [3.05, 3.63) is 35.4 Å². The van der Waals surface area contributed by atoms with Gasteiger partial charge in [-0.3, -0.25) is 4.79 Å². The van der Waals surface area contributed by atoms with E-state index in [0.717, 1.165) is 38.8 Å². The predicted molar refractivity (Wildman–Crippen MR) is 98.9 cm³/mol. The molecule has 1 aromatic carbocycles. The topological polar surface area (TPSA) is 46.3 Å². The lowest BCUT2D eigenvalue weighted by atomic mass is 9.79. The van der Waals surface area contributed by atoms with Gasteiger partial charge in [0.25, 0.3) is 0 Å². The standard InChI is InChI=1S/C19H30N2O.ClH/c1-15-8-10-16(11-9-15)6-4-5-7-18(22)21-13-12-17(20)19(2,3)14-21;/h8-11,17H,4-7,12-14,20H2,1-3H3;1H. The number of nitrogens with zero attached hydrogens (tertiary/aromatic N) is 1. The van der Waals surface area contributed by atoms with Crippen molar-refractivity contribution in [2.24, 2.45) is 11.1 Å². The van der Waals surface area contributed by atoms with E-state index in [0.29, 0.717) is 12.3 Å². The highest BCUT2D eigenvalue weighted by Gasteiger charge is 2.34. The molecule has 1 saturated heterocycles. The molecule has 2 rings (SSSR count). The summed E-state index contributed by atoms with van der Waals surface area (Å²) in [5, 5.41) is 0. The lowest BCUT2D eigenvalue weighted by Gasteiger charge is -2.42. The Morgan fingerprint density at radius 1 is 1.26 bits per heavy atom. The van der Waals surface area contributed by atoms with E-state index in [-0.39, 0.29) is 23.9 Å². The van der Waals surface area contributed by atoms with Crippen LogP contribution in [0.5, 0.6) is 0 Å². The molecule has 0 aromatic heterocycles. The number of carbonyl (C=O) groups is 1. The maximum Gasteiger partial charge on any atom is 0.222 e. The van der Waals surface area contributed by atoms with E-state index in [1.165, 1.54) is 11.1 Å². The smallest absolute Gasteiger partial charge is 0.222 e. The second-order valence-corrected chi connectivity index (χ2v) is 7.39. The van der Waals surface area contributed by atoms with Crippen molar-refractivity contribution in [1.29, 1.82) is 0 Å². The maximum absolute atomic E-state index is 12.3. The van der Waals surface area contributed by atoms with Crippen LogP contribution in [0, 0.1) is 12.3 Å². The SMILES string of the molecule is Cc1ccc(CCCCC(=O)N2CCC(N)C(C)(C)C2)cc1.Cl. The van der Waals surface area contributed by atoms with Crippen LogP contribution in [0.3, 0.4) is 0 Å². The first kappa shape index (κ1) is 20.0. The van der Waals surface area contributed by atoms with Crippen molar-refractivity contribution in [2.75, 3.05) is 13.1 Å². The van der Waals surface area contributed by atoms with Crippen molar-refractivity contribution in [3.63, 3.8) is 0 Å². The van der Waals surface area contributed by atoms with Gasteiger partial charge in [-0.25, -0.2) is 0 Å². The molecule has 1 aromatic rings. The van der Waals surface area contributed by atoms with Crippen LogP contribution in [0.2, 0.25) is 0 Å². The summed E-state index contributed by atoms with van der Waals surface area (Å²) in [5.74, 6) is 0.295. The van der Waals surface area contributed by atoms with Gasteiger partial charge in [-0.05, 0) is 43.6 Å². The molecule has 1 aliphatic rings. The summed E-state index contributed by atoms with van der Waals surface area (Å²) < 4.78 is 0. The van der Waals surface area contributed by atoms with Crippen LogP contribution in [0.15, 0.2) is 24.3 Å². The molecule has 1 unspecified atom stereocenters. The fraction of sp³-hybridized carbons (Fsp3) is 0.632. The Bertz CT molecular complexity index is 499. The normalized spacial score (nSPS) is 20.0. The van der Waals surface area contributed by atoms with Gasteiger partial charge in [0.15, 0.2) is 0 Å². The van der Waals surface area contributed by atoms with Gasteiger partial charge in [-0.2, -0.15) is 0 Å². The molecule has 23 heavy (non-hydrogen) atoms. The number of carbonyl (C=O) groups excluding carboxylic acids is 1. The fourth-order valence-corrected chi connectivity index (χ4v) is 3.10. The molecule has 1 amide bonds. The molecule has 0 spiro atoms. The number of benzene rings is 1. The Kier molecular flexibility index (Phi) is 7.56. The Morgan fingerprint density at radius 3 is 2.52 bits per heavy atom. The van der Waals surface area contributed by atoms with Crippen LogP contribution in [0.4, 0.5) is 0 Å². The number of rotatable bonds is 5. The van der Waals surface area contributed by atoms with Crippen LogP contribution in [0.25, 0.3) is 0 Å². The first-order valence-electron chi connectivity index (χ1n) is 8.47. The lowest BCUT2D eigenvalue weighted by molar-refractivity contribution is -0.134. The van der Waals surface area contributed by atoms with E-state index in [4.69, 9.17) is 5.73 Å². The molecule has 0 radical (unpaired) electrons. The molecule has 4 heteroatoms. The Balaban J connectivity index is 0.00000264. The zero-order valence-corrected chi connectivity index (χ0v) is 15.5. The first-order valence-corrected chi connectivity index (χ1v) is 8.47. The minimum Gasteiger partial charge on any atom is -0.342 e. The summed E-state index contributed by atoms with van der Waals surface area (Å²) in [4.78, 5) is 14.3. The third kappa shape index (κ3) is 5.82. The molecule has 3 nitrogen and oxygen atoms in total. The summed E-state index contributed by atoms with van der Waals surface area (Å²) in [5.41, 5.74) is 8.83. The average molecular weight is 339 g/mol. The average Bonchev–Trinajstić information content (AvgIpc) is 2.48. The summed E-state index contributed by atoms with van der Waals surface area (Å²) in [7, 11) is 0. The van der Waals surface area contributed by atoms with Gasteiger partial charge < -0.3 is 10.6 Å². The third-order valence-corrected chi connectivity index (χ3v) is 4.89. The Hall–Kier alpha value is -1.06. The van der Waals surface area contributed by atoms with E-state index in [2.05, 4.69) is 45.0 Å². The number of nitrogens with two attached hydrogens (primary N) is 1. The van der Waals surface area contributed by atoms with Crippen LogP contribution in [-0.4, -0.2) is 29.9 Å². The molecular formula is C19H31ClN2O. The molecular weight excluding hydrogens is 308 g/mol. The molecule has 1 heterocycles. The molecule has 1 atom stereocenters. The van der Waals surface area contributed by atoms with Crippen molar-refractivity contribution in [1.82, 2.24) is 4.90 Å². The monoisotopic (exact) mass is 338 g/mol. The summed E-state index contributed by atoms with van der Waals surface area (Å²) >= 11 is 0. The second kappa shape index (κ2) is 8.70. The highest BCUT2D eigenvalue weighted by Crippen LogP contribution is 2.28. The quantitative estimate of drug-likeness (QED) is 0.832. The molecule has 130 valence electrons. The Labute approximate surface area is 147 Å². The predicted octanol–water partition coefficient (Wildman–Crippen LogP) is 3.72. The maximum atomic E-state index is 12.3. The third-order valence-electron chi connectivity index (χ3n) is 4.89. The molecule has 0 saturated carbocycles. The van der Waals surface area contributed by atoms with Gasteiger partial charge in [0.1, 0.15) is 0 Å². The Morgan fingerprint density at radius 2 is 1.91 bits per heavy atom. The minimum atomic E-state index is 0. The minimum absolute atomic E-state index is 0. The van der Waals surface area contributed by atoms with Crippen molar-refractivity contribution in [2.45, 2.75) is 58.9 Å². The van der Waals surface area contributed by atoms with E-state index >= 15 is 0 Å². The molecule has 0 bridgehead atoms. The summed E-state index contributed by atoms with van der Waals surface area (Å²) in [6.45, 7) is 8.05. The van der Waals surface area contributed by atoms with Crippen LogP contribution in [-0.2, 0) is 11.2 Å². The van der Waals surface area contributed by atoms with Crippen molar-refractivity contribution in [3.8, 4) is 0 Å². The number of likely N-dealkylation sites (tertiary alicyclic amines) is 1. The van der Waals surface area contributed by atoms with Gasteiger partial charge in [0.05, 0.1) is 0 Å². The van der Waals surface area contributed by atoms with Gasteiger partial charge in [-0.15, -0.1) is 12.4 Å². The number of unbranched alkanes of at least 4 members (excludes halogenated alkanes) is 1. The molecule has 1 fully saturated rings. The zero-order valence-electron chi connectivity index (χ0n) is 14.7. The zero-order chi connectivity index (χ0) is 16.2. The van der Waals surface area contributed by atoms with Gasteiger partial charge in [0, 0.05) is 25.6 Å².